The Morgan fingerprint density at radius 3 is 2.67 bits per heavy atom. The number of ether oxygens (including phenoxy) is 1. The Hall–Kier alpha value is -2.86. The summed E-state index contributed by atoms with van der Waals surface area (Å²) in [5.74, 6) is 0.612. The SMILES string of the molecule is Cc1cccc(C)c1N=c1scc(-c2ccc3c(c2)NC(=O)CO3)n1C1CCCC1. The van der Waals surface area contributed by atoms with Gasteiger partial charge in [-0.05, 0) is 56.0 Å². The lowest BCUT2D eigenvalue weighted by Crippen LogP contribution is -2.25. The van der Waals surface area contributed by atoms with Crippen LogP contribution in [-0.4, -0.2) is 17.1 Å². The number of amides is 1. The first-order chi connectivity index (χ1) is 14.6. The van der Waals surface area contributed by atoms with Crippen LogP contribution in [0.1, 0.15) is 42.9 Å². The predicted octanol–water partition coefficient (Wildman–Crippen LogP) is 5.51. The number of hydrogen-bond donors (Lipinski definition) is 1. The topological polar surface area (TPSA) is 55.6 Å². The van der Waals surface area contributed by atoms with Crippen LogP contribution in [0.15, 0.2) is 46.8 Å². The van der Waals surface area contributed by atoms with Crippen molar-refractivity contribution in [1.29, 1.82) is 0 Å². The molecule has 0 spiro atoms. The van der Waals surface area contributed by atoms with Gasteiger partial charge in [-0.25, -0.2) is 4.99 Å². The second kappa shape index (κ2) is 7.76. The van der Waals surface area contributed by atoms with Crippen LogP contribution in [0.25, 0.3) is 11.3 Å². The Morgan fingerprint density at radius 1 is 1.13 bits per heavy atom. The van der Waals surface area contributed by atoms with Crippen LogP contribution >= 0.6 is 11.3 Å². The van der Waals surface area contributed by atoms with E-state index in [0.29, 0.717) is 6.04 Å². The molecular weight excluding hydrogens is 394 g/mol. The summed E-state index contributed by atoms with van der Waals surface area (Å²) in [5.41, 5.74) is 6.41. The number of aryl methyl sites for hydroxylation is 2. The third kappa shape index (κ3) is 3.45. The smallest absolute Gasteiger partial charge is 0.262 e. The molecule has 0 atom stereocenters. The number of thiazole rings is 1. The molecule has 1 aliphatic heterocycles. The molecule has 1 amide bonds. The molecule has 2 heterocycles. The lowest BCUT2D eigenvalue weighted by molar-refractivity contribution is -0.118. The summed E-state index contributed by atoms with van der Waals surface area (Å²) < 4.78 is 7.95. The van der Waals surface area contributed by atoms with Crippen molar-refractivity contribution < 1.29 is 9.53 Å². The van der Waals surface area contributed by atoms with Crippen molar-refractivity contribution in [3.63, 3.8) is 0 Å². The van der Waals surface area contributed by atoms with Crippen LogP contribution < -0.4 is 14.9 Å². The van der Waals surface area contributed by atoms with E-state index in [1.165, 1.54) is 36.8 Å². The van der Waals surface area contributed by atoms with E-state index < -0.39 is 0 Å². The number of hydrogen-bond acceptors (Lipinski definition) is 4. The van der Waals surface area contributed by atoms with Gasteiger partial charge in [0, 0.05) is 17.0 Å². The molecule has 1 saturated carbocycles. The minimum Gasteiger partial charge on any atom is -0.482 e. The zero-order valence-electron chi connectivity index (χ0n) is 17.3. The molecule has 0 saturated heterocycles. The number of rotatable bonds is 3. The van der Waals surface area contributed by atoms with Crippen LogP contribution in [0.2, 0.25) is 0 Å². The first-order valence-corrected chi connectivity index (χ1v) is 11.4. The highest BCUT2D eigenvalue weighted by Crippen LogP contribution is 2.37. The second-order valence-electron chi connectivity index (χ2n) is 8.11. The second-order valence-corrected chi connectivity index (χ2v) is 8.95. The van der Waals surface area contributed by atoms with Crippen LogP contribution in [0.3, 0.4) is 0 Å². The number of carbonyl (C=O) groups is 1. The van der Waals surface area contributed by atoms with E-state index in [1.807, 2.05) is 12.1 Å². The van der Waals surface area contributed by atoms with E-state index in [9.17, 15) is 4.79 Å². The maximum atomic E-state index is 11.8. The zero-order chi connectivity index (χ0) is 20.7. The number of nitrogens with one attached hydrogen (secondary N) is 1. The molecule has 1 aromatic heterocycles. The van der Waals surface area contributed by atoms with Gasteiger partial charge in [0.15, 0.2) is 11.4 Å². The van der Waals surface area contributed by atoms with Gasteiger partial charge in [0.1, 0.15) is 5.75 Å². The lowest BCUT2D eigenvalue weighted by atomic mass is 10.1. The fourth-order valence-electron chi connectivity index (χ4n) is 4.45. The Morgan fingerprint density at radius 2 is 1.90 bits per heavy atom. The first-order valence-electron chi connectivity index (χ1n) is 10.5. The Bertz CT molecular complexity index is 1170. The highest BCUT2D eigenvalue weighted by atomic mass is 32.1. The highest BCUT2D eigenvalue weighted by molar-refractivity contribution is 7.07. The van der Waals surface area contributed by atoms with Crippen molar-refractivity contribution in [3.05, 3.63) is 57.7 Å². The van der Waals surface area contributed by atoms with E-state index in [0.717, 1.165) is 33.2 Å². The van der Waals surface area contributed by atoms with Gasteiger partial charge >= 0.3 is 0 Å². The standard InChI is InChI=1S/C24H25N3O2S/c1-15-6-5-7-16(2)23(15)26-24-27(18-8-3-4-9-18)20(14-30-24)17-10-11-21-19(12-17)25-22(28)13-29-21/h5-7,10-12,14,18H,3-4,8-9,13H2,1-2H3,(H,25,28). The largest absolute Gasteiger partial charge is 0.482 e. The average molecular weight is 420 g/mol. The Labute approximate surface area is 180 Å². The lowest BCUT2D eigenvalue weighted by Gasteiger charge is -2.20. The van der Waals surface area contributed by atoms with Crippen molar-refractivity contribution >= 4 is 28.6 Å². The van der Waals surface area contributed by atoms with Crippen LogP contribution in [0.5, 0.6) is 5.75 Å². The number of para-hydroxylation sites is 1. The summed E-state index contributed by atoms with van der Waals surface area (Å²) in [4.78, 5) is 17.9. The summed E-state index contributed by atoms with van der Waals surface area (Å²) in [6.07, 6.45) is 4.86. The number of nitrogens with zero attached hydrogens (tertiary/aromatic N) is 2. The number of aromatic nitrogens is 1. The minimum atomic E-state index is -0.112. The molecule has 6 heteroatoms. The molecule has 1 fully saturated rings. The molecule has 5 rings (SSSR count). The highest BCUT2D eigenvalue weighted by Gasteiger charge is 2.23. The van der Waals surface area contributed by atoms with Gasteiger partial charge < -0.3 is 14.6 Å². The first kappa shape index (κ1) is 19.1. The number of benzene rings is 2. The van der Waals surface area contributed by atoms with E-state index in [-0.39, 0.29) is 12.5 Å². The summed E-state index contributed by atoms with van der Waals surface area (Å²) >= 11 is 1.69. The van der Waals surface area contributed by atoms with E-state index in [2.05, 4.69) is 53.4 Å². The van der Waals surface area contributed by atoms with Gasteiger partial charge in [0.25, 0.3) is 5.91 Å². The molecule has 3 aromatic rings. The van der Waals surface area contributed by atoms with Crippen LogP contribution in [0, 0.1) is 13.8 Å². The van der Waals surface area contributed by atoms with Gasteiger partial charge in [0.05, 0.1) is 17.1 Å². The third-order valence-electron chi connectivity index (χ3n) is 5.99. The van der Waals surface area contributed by atoms with Crippen molar-refractivity contribution in [2.24, 2.45) is 4.99 Å². The van der Waals surface area contributed by atoms with Gasteiger partial charge in [0.2, 0.25) is 0 Å². The van der Waals surface area contributed by atoms with Crippen molar-refractivity contribution in [2.75, 3.05) is 11.9 Å². The maximum Gasteiger partial charge on any atom is 0.262 e. The monoisotopic (exact) mass is 419 g/mol. The number of carbonyl (C=O) groups excluding carboxylic acids is 1. The molecule has 1 aliphatic carbocycles. The van der Waals surface area contributed by atoms with Gasteiger partial charge in [-0.2, -0.15) is 0 Å². The summed E-state index contributed by atoms with van der Waals surface area (Å²) in [5, 5.41) is 5.12. The zero-order valence-corrected chi connectivity index (χ0v) is 18.1. The van der Waals surface area contributed by atoms with E-state index >= 15 is 0 Å². The van der Waals surface area contributed by atoms with Crippen molar-refractivity contribution in [2.45, 2.75) is 45.6 Å². The molecule has 0 bridgehead atoms. The third-order valence-corrected chi connectivity index (χ3v) is 6.83. The Kier molecular flexibility index (Phi) is 4.95. The molecule has 154 valence electrons. The fraction of sp³-hybridized carbons (Fsp3) is 0.333. The average Bonchev–Trinajstić information content (AvgIpc) is 3.40. The molecule has 5 nitrogen and oxygen atoms in total. The summed E-state index contributed by atoms with van der Waals surface area (Å²) in [7, 11) is 0. The van der Waals surface area contributed by atoms with Crippen LogP contribution in [0.4, 0.5) is 11.4 Å². The van der Waals surface area contributed by atoms with Crippen molar-refractivity contribution in [1.82, 2.24) is 4.57 Å². The molecular formula is C24H25N3O2S. The van der Waals surface area contributed by atoms with Crippen molar-refractivity contribution in [3.8, 4) is 17.0 Å². The van der Waals surface area contributed by atoms with Crippen LogP contribution in [-0.2, 0) is 4.79 Å². The van der Waals surface area contributed by atoms with Gasteiger partial charge in [-0.3, -0.25) is 4.79 Å². The molecule has 2 aromatic carbocycles. The minimum absolute atomic E-state index is 0.0751. The fourth-order valence-corrected chi connectivity index (χ4v) is 5.42. The van der Waals surface area contributed by atoms with Gasteiger partial charge in [-0.1, -0.05) is 31.0 Å². The predicted molar refractivity (Wildman–Crippen MR) is 121 cm³/mol. The molecule has 30 heavy (non-hydrogen) atoms. The van der Waals surface area contributed by atoms with E-state index in [1.54, 1.807) is 11.3 Å². The normalized spacial score (nSPS) is 17.0. The summed E-state index contributed by atoms with van der Waals surface area (Å²) in [6.45, 7) is 4.31. The van der Waals surface area contributed by atoms with E-state index in [4.69, 9.17) is 9.73 Å². The Balaban J connectivity index is 1.66. The molecule has 2 aliphatic rings. The number of anilines is 1. The maximum absolute atomic E-state index is 11.8. The molecule has 0 unspecified atom stereocenters. The molecule has 1 N–H and O–H groups in total. The quantitative estimate of drug-likeness (QED) is 0.608. The number of fused-ring (bicyclic) bond motifs is 1. The summed E-state index contributed by atoms with van der Waals surface area (Å²) in [6, 6.07) is 12.8. The molecule has 0 radical (unpaired) electrons. The van der Waals surface area contributed by atoms with Gasteiger partial charge in [-0.15, -0.1) is 11.3 Å².